The van der Waals surface area contributed by atoms with Crippen molar-refractivity contribution in [2.24, 2.45) is 5.14 Å². The molecule has 0 radical (unpaired) electrons. The van der Waals surface area contributed by atoms with E-state index in [-0.39, 0.29) is 24.4 Å². The van der Waals surface area contributed by atoms with Crippen LogP contribution in [0.1, 0.15) is 6.42 Å². The molecule has 0 spiro atoms. The molecule has 4 N–H and O–H groups in total. The molecule has 1 rings (SSSR count). The minimum absolute atomic E-state index is 0.0795. The highest BCUT2D eigenvalue weighted by atomic mass is 32.2. The van der Waals surface area contributed by atoms with E-state index in [9.17, 15) is 23.3 Å². The number of hydrogen-bond acceptors (Lipinski definition) is 5. The van der Waals surface area contributed by atoms with Gasteiger partial charge in [0.2, 0.25) is 10.0 Å². The number of benzene rings is 1. The zero-order chi connectivity index (χ0) is 15.2. The van der Waals surface area contributed by atoms with Crippen molar-refractivity contribution < 1.29 is 18.1 Å². The van der Waals surface area contributed by atoms with E-state index in [1.807, 2.05) is 0 Å². The number of nitrogens with one attached hydrogen (secondary N) is 2. The van der Waals surface area contributed by atoms with Crippen molar-refractivity contribution in [3.8, 4) is 0 Å². The molecule has 0 aliphatic carbocycles. The topological polar surface area (TPSA) is 144 Å². The van der Waals surface area contributed by atoms with Crippen LogP contribution in [0, 0.1) is 10.1 Å². The monoisotopic (exact) mass is 302 g/mol. The number of nitrogens with zero attached hydrogens (tertiary/aromatic N) is 1. The highest BCUT2D eigenvalue weighted by Crippen LogP contribution is 2.14. The first kappa shape index (κ1) is 15.9. The van der Waals surface area contributed by atoms with Crippen molar-refractivity contribution >= 4 is 27.4 Å². The maximum Gasteiger partial charge on any atom is 0.319 e. The van der Waals surface area contributed by atoms with E-state index in [2.05, 4.69) is 10.6 Å². The van der Waals surface area contributed by atoms with Gasteiger partial charge in [0, 0.05) is 24.4 Å². The number of carbonyl (C=O) groups excluding carboxylic acids is 1. The molecule has 0 unspecified atom stereocenters. The minimum atomic E-state index is -3.53. The molecule has 1 aromatic carbocycles. The van der Waals surface area contributed by atoms with Gasteiger partial charge in [-0.3, -0.25) is 10.1 Å². The molecule has 110 valence electrons. The number of amides is 2. The number of sulfonamides is 1. The zero-order valence-electron chi connectivity index (χ0n) is 10.4. The van der Waals surface area contributed by atoms with E-state index in [4.69, 9.17) is 5.14 Å². The number of non-ortho nitro benzene ring substituents is 1. The first-order chi connectivity index (χ1) is 9.28. The lowest BCUT2D eigenvalue weighted by Gasteiger charge is -2.07. The molecule has 0 bridgehead atoms. The van der Waals surface area contributed by atoms with E-state index >= 15 is 0 Å². The van der Waals surface area contributed by atoms with Crippen LogP contribution in [-0.2, 0) is 10.0 Å². The minimum Gasteiger partial charge on any atom is -0.338 e. The maximum atomic E-state index is 11.4. The second kappa shape index (κ2) is 6.82. The highest BCUT2D eigenvalue weighted by Gasteiger charge is 2.06. The van der Waals surface area contributed by atoms with E-state index in [0.717, 1.165) is 0 Å². The van der Waals surface area contributed by atoms with Crippen molar-refractivity contribution in [2.75, 3.05) is 17.6 Å². The molecule has 2 amide bonds. The van der Waals surface area contributed by atoms with Crippen LogP contribution in [0.4, 0.5) is 16.2 Å². The van der Waals surface area contributed by atoms with Gasteiger partial charge in [0.15, 0.2) is 0 Å². The molecule has 0 aromatic heterocycles. The number of anilines is 1. The van der Waals surface area contributed by atoms with Crippen LogP contribution in [0.2, 0.25) is 0 Å². The second-order valence-corrected chi connectivity index (χ2v) is 5.64. The largest absolute Gasteiger partial charge is 0.338 e. The van der Waals surface area contributed by atoms with Gasteiger partial charge in [-0.15, -0.1) is 0 Å². The molecule has 0 heterocycles. The average molecular weight is 302 g/mol. The summed E-state index contributed by atoms with van der Waals surface area (Å²) in [5, 5.41) is 20.1. The zero-order valence-corrected chi connectivity index (χ0v) is 11.2. The summed E-state index contributed by atoms with van der Waals surface area (Å²) in [6.45, 7) is 0.148. The molecule has 0 atom stereocenters. The first-order valence-corrected chi connectivity index (χ1v) is 7.29. The van der Waals surface area contributed by atoms with Crippen molar-refractivity contribution in [1.82, 2.24) is 5.32 Å². The van der Waals surface area contributed by atoms with Crippen molar-refractivity contribution in [3.05, 3.63) is 34.4 Å². The lowest BCUT2D eigenvalue weighted by Crippen LogP contribution is -2.31. The molecule has 0 aliphatic heterocycles. The molecule has 0 aliphatic rings. The molecule has 0 saturated carbocycles. The van der Waals surface area contributed by atoms with Crippen molar-refractivity contribution in [2.45, 2.75) is 6.42 Å². The van der Waals surface area contributed by atoms with Crippen LogP contribution >= 0.6 is 0 Å². The normalized spacial score (nSPS) is 10.8. The molecule has 1 aromatic rings. The van der Waals surface area contributed by atoms with Gasteiger partial charge in [-0.2, -0.15) is 0 Å². The number of rotatable bonds is 6. The van der Waals surface area contributed by atoms with Gasteiger partial charge in [-0.1, -0.05) is 0 Å². The maximum absolute atomic E-state index is 11.4. The summed E-state index contributed by atoms with van der Waals surface area (Å²) in [5.41, 5.74) is 0.309. The molecule has 20 heavy (non-hydrogen) atoms. The van der Waals surface area contributed by atoms with E-state index < -0.39 is 21.0 Å². The third kappa shape index (κ3) is 6.11. The van der Waals surface area contributed by atoms with Gasteiger partial charge in [-0.25, -0.2) is 18.4 Å². The first-order valence-electron chi connectivity index (χ1n) is 5.58. The Hall–Kier alpha value is -2.20. The van der Waals surface area contributed by atoms with Gasteiger partial charge in [-0.05, 0) is 18.6 Å². The lowest BCUT2D eigenvalue weighted by molar-refractivity contribution is -0.384. The summed E-state index contributed by atoms with van der Waals surface area (Å²) >= 11 is 0. The van der Waals surface area contributed by atoms with Gasteiger partial charge in [0.1, 0.15) is 0 Å². The standard InChI is InChI=1S/C10H14N4O5S/c11-20(18,19)7-1-6-12-10(15)13-8-2-4-9(5-3-8)14(16)17/h2-5H,1,6-7H2,(H2,11,18,19)(H2,12,13,15). The molecular weight excluding hydrogens is 288 g/mol. The van der Waals surface area contributed by atoms with Gasteiger partial charge >= 0.3 is 6.03 Å². The van der Waals surface area contributed by atoms with Crippen molar-refractivity contribution in [1.29, 1.82) is 0 Å². The molecule has 0 fully saturated rings. The Bertz CT molecular complexity index is 584. The quantitative estimate of drug-likeness (QED) is 0.395. The fraction of sp³-hybridized carbons (Fsp3) is 0.300. The molecule has 0 saturated heterocycles. The summed E-state index contributed by atoms with van der Waals surface area (Å²) in [6, 6.07) is 4.77. The van der Waals surface area contributed by atoms with Crippen molar-refractivity contribution in [3.63, 3.8) is 0 Å². The number of hydrogen-bond donors (Lipinski definition) is 3. The van der Waals surface area contributed by atoms with E-state index in [0.29, 0.717) is 5.69 Å². The summed E-state index contributed by atoms with van der Waals surface area (Å²) in [7, 11) is -3.53. The summed E-state index contributed by atoms with van der Waals surface area (Å²) in [6.07, 6.45) is 0.201. The summed E-state index contributed by atoms with van der Waals surface area (Å²) < 4.78 is 21.3. The molecule has 10 heteroatoms. The number of nitro benzene ring substituents is 1. The predicted molar refractivity (Wildman–Crippen MR) is 72.7 cm³/mol. The molecular formula is C10H14N4O5S. The fourth-order valence-electron chi connectivity index (χ4n) is 1.32. The Labute approximate surface area is 115 Å². The fourth-order valence-corrected chi connectivity index (χ4v) is 1.86. The number of nitro groups is 1. The van der Waals surface area contributed by atoms with E-state index in [1.54, 1.807) is 0 Å². The van der Waals surface area contributed by atoms with Gasteiger partial charge in [0.05, 0.1) is 10.7 Å². The Balaban J connectivity index is 2.37. The predicted octanol–water partition coefficient (Wildman–Crippen LogP) is 0.395. The van der Waals surface area contributed by atoms with Crippen LogP contribution in [0.3, 0.4) is 0 Å². The Morgan fingerprint density at radius 1 is 1.30 bits per heavy atom. The molecule has 9 nitrogen and oxygen atoms in total. The smallest absolute Gasteiger partial charge is 0.319 e. The summed E-state index contributed by atoms with van der Waals surface area (Å²) in [5.74, 6) is -0.217. The highest BCUT2D eigenvalue weighted by molar-refractivity contribution is 7.89. The van der Waals surface area contributed by atoms with Crippen LogP contribution in [0.15, 0.2) is 24.3 Å². The third-order valence-corrected chi connectivity index (χ3v) is 3.08. The van der Waals surface area contributed by atoms with Crippen LogP contribution in [0.25, 0.3) is 0 Å². The van der Waals surface area contributed by atoms with Gasteiger partial charge < -0.3 is 10.6 Å². The number of primary sulfonamides is 1. The second-order valence-electron chi connectivity index (χ2n) is 3.91. The van der Waals surface area contributed by atoms with Gasteiger partial charge in [0.25, 0.3) is 5.69 Å². The Morgan fingerprint density at radius 3 is 2.40 bits per heavy atom. The van der Waals surface area contributed by atoms with Crippen LogP contribution < -0.4 is 15.8 Å². The Kier molecular flexibility index (Phi) is 5.41. The van der Waals surface area contributed by atoms with E-state index in [1.165, 1.54) is 24.3 Å². The lowest BCUT2D eigenvalue weighted by atomic mass is 10.3. The third-order valence-electron chi connectivity index (χ3n) is 2.23. The number of nitrogens with two attached hydrogens (primary N) is 1. The number of carbonyl (C=O) groups is 1. The van der Waals surface area contributed by atoms with Crippen LogP contribution in [-0.4, -0.2) is 31.7 Å². The number of urea groups is 1. The SMILES string of the molecule is NS(=O)(=O)CCCNC(=O)Nc1ccc([N+](=O)[O-])cc1. The van der Waals surface area contributed by atoms with Crippen LogP contribution in [0.5, 0.6) is 0 Å². The Morgan fingerprint density at radius 2 is 1.90 bits per heavy atom. The summed E-state index contributed by atoms with van der Waals surface area (Å²) in [4.78, 5) is 21.3. The average Bonchev–Trinajstić information content (AvgIpc) is 2.34.